The van der Waals surface area contributed by atoms with E-state index >= 15 is 4.39 Å². The number of benzene rings is 1. The molecular weight excluding hydrogens is 441 g/mol. The second kappa shape index (κ2) is 8.76. The number of nitrogens with zero attached hydrogens (tertiary/aromatic N) is 3. The van der Waals surface area contributed by atoms with E-state index in [0.717, 1.165) is 0 Å². The first-order chi connectivity index (χ1) is 16.5. The molecule has 5 rings (SSSR count). The largest absolute Gasteiger partial charge is 0.477 e. The van der Waals surface area contributed by atoms with Crippen molar-refractivity contribution in [1.82, 2.24) is 9.97 Å². The Morgan fingerprint density at radius 2 is 2.12 bits per heavy atom. The van der Waals surface area contributed by atoms with Gasteiger partial charge in [-0.15, -0.1) is 0 Å². The molecule has 2 aromatic heterocycles. The van der Waals surface area contributed by atoms with Crippen LogP contribution in [0.4, 0.5) is 20.7 Å². The maximum atomic E-state index is 15.4. The Balaban J connectivity index is 1.53. The number of hydrogen-bond donors (Lipinski definition) is 2. The molecule has 10 heteroatoms. The highest BCUT2D eigenvalue weighted by molar-refractivity contribution is 5.99. The molecule has 4 heterocycles. The molecule has 9 nitrogen and oxygen atoms in total. The summed E-state index contributed by atoms with van der Waals surface area (Å²) in [5.74, 6) is -0.347. The van der Waals surface area contributed by atoms with Crippen LogP contribution >= 0.6 is 0 Å². The Morgan fingerprint density at radius 3 is 2.88 bits per heavy atom. The minimum Gasteiger partial charge on any atom is -0.477 e. The van der Waals surface area contributed by atoms with Gasteiger partial charge in [-0.1, -0.05) is 0 Å². The van der Waals surface area contributed by atoms with Crippen LogP contribution in [-0.4, -0.2) is 42.0 Å². The quantitative estimate of drug-likeness (QED) is 0.556. The number of ether oxygens (including phenoxy) is 3. The lowest BCUT2D eigenvalue weighted by molar-refractivity contribution is 0.0931. The molecule has 1 amide bonds. The zero-order valence-electron chi connectivity index (χ0n) is 18.4. The van der Waals surface area contributed by atoms with Crippen LogP contribution in [-0.2, 0) is 9.47 Å². The average molecular weight is 463 g/mol. The molecule has 3 aromatic rings. The van der Waals surface area contributed by atoms with Crippen molar-refractivity contribution in [1.29, 1.82) is 5.26 Å². The fourth-order valence-corrected chi connectivity index (χ4v) is 4.39. The Labute approximate surface area is 194 Å². The summed E-state index contributed by atoms with van der Waals surface area (Å²) < 4.78 is 31.5. The van der Waals surface area contributed by atoms with Gasteiger partial charge in [0.25, 0.3) is 0 Å². The van der Waals surface area contributed by atoms with Gasteiger partial charge in [0.1, 0.15) is 11.9 Å². The van der Waals surface area contributed by atoms with E-state index in [4.69, 9.17) is 19.9 Å². The molecule has 0 bridgehead atoms. The van der Waals surface area contributed by atoms with Crippen molar-refractivity contribution in [2.24, 2.45) is 0 Å². The molecule has 0 spiro atoms. The Bertz CT molecular complexity index is 1330. The number of halogens is 1. The minimum absolute atomic E-state index is 0.0672. The van der Waals surface area contributed by atoms with Crippen LogP contribution < -0.4 is 15.8 Å². The van der Waals surface area contributed by atoms with Crippen molar-refractivity contribution < 1.29 is 23.4 Å². The van der Waals surface area contributed by atoms with Gasteiger partial charge in [-0.25, -0.2) is 19.2 Å². The van der Waals surface area contributed by atoms with Gasteiger partial charge < -0.3 is 19.9 Å². The third-order valence-corrected chi connectivity index (χ3v) is 6.18. The highest BCUT2D eigenvalue weighted by Gasteiger charge is 2.27. The van der Waals surface area contributed by atoms with E-state index in [9.17, 15) is 10.1 Å². The topological polar surface area (TPSA) is 132 Å². The number of aromatic nitrogens is 2. The van der Waals surface area contributed by atoms with Crippen molar-refractivity contribution in [3.05, 3.63) is 41.5 Å². The number of hydrogen-bond acceptors (Lipinski definition) is 8. The summed E-state index contributed by atoms with van der Waals surface area (Å²) in [5, 5.41) is 13.1. The number of rotatable bonds is 3. The molecule has 0 unspecified atom stereocenters. The molecule has 2 aliphatic rings. The van der Waals surface area contributed by atoms with Gasteiger partial charge in [-0.2, -0.15) is 5.26 Å². The number of carbonyl (C=O) groups is 1. The van der Waals surface area contributed by atoms with Gasteiger partial charge in [-0.05, 0) is 30.0 Å². The third kappa shape index (κ3) is 3.84. The molecule has 2 atom stereocenters. The molecular formula is C24H22FN5O4. The number of nitrogens with two attached hydrogens (primary N) is 1. The van der Waals surface area contributed by atoms with Crippen LogP contribution in [0.15, 0.2) is 24.5 Å². The van der Waals surface area contributed by atoms with Gasteiger partial charge in [-0.3, -0.25) is 5.32 Å². The fourth-order valence-electron chi connectivity index (χ4n) is 4.39. The summed E-state index contributed by atoms with van der Waals surface area (Å²) in [7, 11) is 0. The molecule has 1 aromatic carbocycles. The first-order valence-corrected chi connectivity index (χ1v) is 10.9. The standard InChI is InChI=1S/C24H22FN5O4/c1-12-17(9-29-23-20(12)13(8-26)2-5-33-23)16-6-14-7-19(28-10-18(14)22(27)21(16)25)30-24(31)34-15-3-4-32-11-15/h6-7,9-10,13,15H,2-5,11,27H2,1H3,(H,28,30,31)/t13-,15-/m0/s1. The van der Waals surface area contributed by atoms with Gasteiger partial charge in [0, 0.05) is 47.3 Å². The van der Waals surface area contributed by atoms with Crippen molar-refractivity contribution in [2.45, 2.75) is 31.8 Å². The highest BCUT2D eigenvalue weighted by atomic mass is 19.1. The minimum atomic E-state index is -0.644. The first kappa shape index (κ1) is 21.9. The number of carbonyl (C=O) groups excluding carboxylic acids is 1. The number of anilines is 2. The predicted molar refractivity (Wildman–Crippen MR) is 122 cm³/mol. The molecule has 1 saturated heterocycles. The second-order valence-electron chi connectivity index (χ2n) is 8.29. The zero-order chi connectivity index (χ0) is 23.8. The van der Waals surface area contributed by atoms with Gasteiger partial charge >= 0.3 is 6.09 Å². The zero-order valence-corrected chi connectivity index (χ0v) is 18.4. The first-order valence-electron chi connectivity index (χ1n) is 10.9. The van der Waals surface area contributed by atoms with Crippen LogP contribution in [0.2, 0.25) is 0 Å². The molecule has 0 aliphatic carbocycles. The second-order valence-corrected chi connectivity index (χ2v) is 8.29. The van der Waals surface area contributed by atoms with Gasteiger partial charge in [0.2, 0.25) is 5.88 Å². The molecule has 0 saturated carbocycles. The lowest BCUT2D eigenvalue weighted by atomic mass is 9.88. The van der Waals surface area contributed by atoms with E-state index in [1.165, 1.54) is 12.4 Å². The summed E-state index contributed by atoms with van der Waals surface area (Å²) in [6, 6.07) is 5.51. The monoisotopic (exact) mass is 463 g/mol. The van der Waals surface area contributed by atoms with E-state index in [0.29, 0.717) is 66.0 Å². The highest BCUT2D eigenvalue weighted by Crippen LogP contribution is 2.41. The normalized spacial score (nSPS) is 19.2. The van der Waals surface area contributed by atoms with Crippen molar-refractivity contribution >= 4 is 28.4 Å². The lowest BCUT2D eigenvalue weighted by Gasteiger charge is -2.24. The number of amides is 1. The smallest absolute Gasteiger partial charge is 0.413 e. The van der Waals surface area contributed by atoms with Gasteiger partial charge in [0.15, 0.2) is 5.82 Å². The maximum absolute atomic E-state index is 15.4. The number of nitriles is 1. The average Bonchev–Trinajstić information content (AvgIpc) is 3.34. The van der Waals surface area contributed by atoms with Crippen LogP contribution in [0.25, 0.3) is 21.9 Å². The molecule has 1 fully saturated rings. The molecule has 2 aliphatic heterocycles. The summed E-state index contributed by atoms with van der Waals surface area (Å²) in [4.78, 5) is 20.7. The summed E-state index contributed by atoms with van der Waals surface area (Å²) in [6.07, 6.45) is 3.18. The van der Waals surface area contributed by atoms with E-state index < -0.39 is 11.9 Å². The number of nitrogen functional groups attached to an aromatic ring is 1. The lowest BCUT2D eigenvalue weighted by Crippen LogP contribution is -2.22. The predicted octanol–water partition coefficient (Wildman–Crippen LogP) is 4.05. The summed E-state index contributed by atoms with van der Waals surface area (Å²) in [6.45, 7) is 3.14. The van der Waals surface area contributed by atoms with Crippen LogP contribution in [0.1, 0.15) is 29.9 Å². The van der Waals surface area contributed by atoms with E-state index in [2.05, 4.69) is 21.4 Å². The molecule has 34 heavy (non-hydrogen) atoms. The SMILES string of the molecule is Cc1c(-c2cc3cc(NC(=O)O[C@H]4CCOC4)ncc3c(N)c2F)cnc2c1[C@H](C#N)CCO2. The van der Waals surface area contributed by atoms with Crippen molar-refractivity contribution in [3.8, 4) is 23.1 Å². The Morgan fingerprint density at radius 1 is 1.26 bits per heavy atom. The molecule has 3 N–H and O–H groups in total. The fraction of sp³-hybridized carbons (Fsp3) is 0.333. The van der Waals surface area contributed by atoms with Crippen LogP contribution in [0.3, 0.4) is 0 Å². The number of pyridine rings is 2. The Kier molecular flexibility index (Phi) is 5.63. The maximum Gasteiger partial charge on any atom is 0.413 e. The summed E-state index contributed by atoms with van der Waals surface area (Å²) in [5.41, 5.74) is 8.19. The molecule has 174 valence electrons. The van der Waals surface area contributed by atoms with Crippen molar-refractivity contribution in [3.63, 3.8) is 0 Å². The number of fused-ring (bicyclic) bond motifs is 2. The van der Waals surface area contributed by atoms with Gasteiger partial charge in [0.05, 0.1) is 37.5 Å². The number of nitrogens with one attached hydrogen (secondary N) is 1. The third-order valence-electron chi connectivity index (χ3n) is 6.18. The van der Waals surface area contributed by atoms with E-state index in [1.54, 1.807) is 12.1 Å². The van der Waals surface area contributed by atoms with Crippen molar-refractivity contribution in [2.75, 3.05) is 30.9 Å². The van der Waals surface area contributed by atoms with E-state index in [1.807, 2.05) is 6.92 Å². The Hall–Kier alpha value is -3.97. The van der Waals surface area contributed by atoms with E-state index in [-0.39, 0.29) is 29.1 Å². The molecule has 0 radical (unpaired) electrons. The van der Waals surface area contributed by atoms with Crippen LogP contribution in [0, 0.1) is 24.1 Å². The summed E-state index contributed by atoms with van der Waals surface area (Å²) >= 11 is 0. The van der Waals surface area contributed by atoms with Crippen LogP contribution in [0.5, 0.6) is 5.88 Å².